The molecule has 1 N–H and O–H groups in total. The molecule has 0 aliphatic carbocycles. The molecule has 0 bridgehead atoms. The summed E-state index contributed by atoms with van der Waals surface area (Å²) in [6, 6.07) is 0. The van der Waals surface area contributed by atoms with Gasteiger partial charge in [-0.25, -0.2) is 14.8 Å². The fourth-order valence-electron chi connectivity index (χ4n) is 1.29. The first-order valence-electron chi connectivity index (χ1n) is 5.50. The first-order chi connectivity index (χ1) is 8.56. The summed E-state index contributed by atoms with van der Waals surface area (Å²) >= 11 is 0. The van der Waals surface area contributed by atoms with Gasteiger partial charge in [0.1, 0.15) is 17.7 Å². The lowest BCUT2D eigenvalue weighted by Gasteiger charge is -2.11. The van der Waals surface area contributed by atoms with Gasteiger partial charge in [-0.2, -0.15) is 0 Å². The Hall–Kier alpha value is -1.50. The van der Waals surface area contributed by atoms with Gasteiger partial charge >= 0.3 is 5.97 Å². The number of anilines is 1. The first-order valence-corrected chi connectivity index (χ1v) is 7.12. The highest BCUT2D eigenvalue weighted by Crippen LogP contribution is 2.11. The molecule has 0 aliphatic rings. The van der Waals surface area contributed by atoms with E-state index in [1.807, 2.05) is 6.92 Å². The zero-order valence-corrected chi connectivity index (χ0v) is 11.5. The third-order valence-corrected chi connectivity index (χ3v) is 3.90. The third-order valence-electron chi connectivity index (χ3n) is 2.53. The number of rotatable bonds is 6. The molecule has 2 atom stereocenters. The molecule has 1 rings (SSSR count). The molecule has 1 aromatic rings. The Labute approximate surface area is 109 Å². The van der Waals surface area contributed by atoms with Crippen LogP contribution >= 0.6 is 0 Å². The number of nitrogens with one attached hydrogen (secondary N) is 1. The van der Waals surface area contributed by atoms with E-state index in [0.29, 0.717) is 17.9 Å². The average molecular weight is 271 g/mol. The van der Waals surface area contributed by atoms with E-state index in [0.717, 1.165) is 6.42 Å². The Bertz CT molecular complexity index is 439. The number of hydrogen-bond donors (Lipinski definition) is 1. The van der Waals surface area contributed by atoms with Crippen LogP contribution < -0.4 is 5.32 Å². The molecule has 7 heteroatoms. The Kier molecular flexibility index (Phi) is 5.70. The van der Waals surface area contributed by atoms with Crippen LogP contribution in [-0.2, 0) is 15.5 Å². The van der Waals surface area contributed by atoms with E-state index in [1.54, 1.807) is 6.26 Å². The molecule has 1 heterocycles. The van der Waals surface area contributed by atoms with Crippen molar-refractivity contribution in [3.63, 3.8) is 0 Å². The molecular formula is C11H17N3O3S. The van der Waals surface area contributed by atoms with Crippen molar-refractivity contribution in [3.05, 3.63) is 18.1 Å². The number of aromatic nitrogens is 2. The third kappa shape index (κ3) is 4.06. The van der Waals surface area contributed by atoms with Crippen LogP contribution in [0.25, 0.3) is 0 Å². The van der Waals surface area contributed by atoms with Crippen molar-refractivity contribution in [2.24, 2.45) is 0 Å². The van der Waals surface area contributed by atoms with Gasteiger partial charge in [0.15, 0.2) is 0 Å². The van der Waals surface area contributed by atoms with E-state index < -0.39 is 16.8 Å². The van der Waals surface area contributed by atoms with E-state index in [2.05, 4.69) is 20.0 Å². The molecule has 2 unspecified atom stereocenters. The molecule has 0 saturated carbocycles. The lowest BCUT2D eigenvalue weighted by atomic mass is 10.3. The van der Waals surface area contributed by atoms with Crippen LogP contribution in [0.1, 0.15) is 23.7 Å². The minimum Gasteiger partial charge on any atom is -0.465 e. The van der Waals surface area contributed by atoms with Crippen LogP contribution in [0.4, 0.5) is 5.82 Å². The van der Waals surface area contributed by atoms with Crippen LogP contribution in [-0.4, -0.2) is 45.3 Å². The second-order valence-corrected chi connectivity index (χ2v) is 5.60. The van der Waals surface area contributed by atoms with Crippen molar-refractivity contribution >= 4 is 22.6 Å². The molecule has 0 aliphatic heterocycles. The highest BCUT2D eigenvalue weighted by Gasteiger charge is 2.13. The molecule has 0 saturated heterocycles. The highest BCUT2D eigenvalue weighted by atomic mass is 32.2. The van der Waals surface area contributed by atoms with Gasteiger partial charge < -0.3 is 10.1 Å². The fraction of sp³-hybridized carbons (Fsp3) is 0.545. The van der Waals surface area contributed by atoms with Gasteiger partial charge in [-0.1, -0.05) is 6.92 Å². The SMILES string of the molecule is COC(=O)c1cncnc1NCCC(C)S(C)=O. The second-order valence-electron chi connectivity index (χ2n) is 3.80. The molecule has 0 radical (unpaired) electrons. The molecule has 6 nitrogen and oxygen atoms in total. The number of carbonyl (C=O) groups excluding carboxylic acids is 1. The molecule has 0 spiro atoms. The van der Waals surface area contributed by atoms with Gasteiger partial charge in [0.25, 0.3) is 0 Å². The quantitative estimate of drug-likeness (QED) is 0.772. The molecule has 1 aromatic heterocycles. The molecule has 0 fully saturated rings. The van der Waals surface area contributed by atoms with E-state index in [9.17, 15) is 9.00 Å². The molecule has 0 aromatic carbocycles. The van der Waals surface area contributed by atoms with Gasteiger partial charge in [0.05, 0.1) is 7.11 Å². The van der Waals surface area contributed by atoms with Crippen molar-refractivity contribution in [2.75, 3.05) is 25.2 Å². The topological polar surface area (TPSA) is 81.2 Å². The standard InChI is InChI=1S/C11H17N3O3S/c1-8(18(3)16)4-5-13-10-9(11(15)17-2)6-12-7-14-10/h6-8H,4-5H2,1-3H3,(H,12,13,14). The highest BCUT2D eigenvalue weighted by molar-refractivity contribution is 7.84. The largest absolute Gasteiger partial charge is 0.465 e. The lowest BCUT2D eigenvalue weighted by molar-refractivity contribution is 0.0601. The minimum atomic E-state index is -0.848. The summed E-state index contributed by atoms with van der Waals surface area (Å²) in [4.78, 5) is 19.2. The van der Waals surface area contributed by atoms with E-state index in [-0.39, 0.29) is 5.25 Å². The summed E-state index contributed by atoms with van der Waals surface area (Å²) < 4.78 is 15.8. The van der Waals surface area contributed by atoms with Crippen molar-refractivity contribution in [1.29, 1.82) is 0 Å². The number of esters is 1. The summed E-state index contributed by atoms with van der Waals surface area (Å²) in [6.07, 6.45) is 5.17. The van der Waals surface area contributed by atoms with Crippen LogP contribution in [0.5, 0.6) is 0 Å². The summed E-state index contributed by atoms with van der Waals surface area (Å²) in [6.45, 7) is 2.50. The van der Waals surface area contributed by atoms with Crippen molar-refractivity contribution in [2.45, 2.75) is 18.6 Å². The fourth-order valence-corrected chi connectivity index (χ4v) is 1.74. The van der Waals surface area contributed by atoms with Crippen LogP contribution in [0.2, 0.25) is 0 Å². The number of hydrogen-bond acceptors (Lipinski definition) is 6. The van der Waals surface area contributed by atoms with Gasteiger partial charge in [0.2, 0.25) is 0 Å². The van der Waals surface area contributed by atoms with Gasteiger partial charge in [-0.15, -0.1) is 0 Å². The number of ether oxygens (including phenoxy) is 1. The van der Waals surface area contributed by atoms with E-state index >= 15 is 0 Å². The molecule has 0 amide bonds. The van der Waals surface area contributed by atoms with Gasteiger partial charge in [-0.05, 0) is 6.42 Å². The Morgan fingerprint density at radius 1 is 1.61 bits per heavy atom. The second kappa shape index (κ2) is 7.05. The Balaban J connectivity index is 2.62. The predicted octanol–water partition coefficient (Wildman–Crippen LogP) is 0.832. The maximum atomic E-state index is 11.4. The summed E-state index contributed by atoms with van der Waals surface area (Å²) in [5.74, 6) is -0.0452. The first kappa shape index (κ1) is 14.6. The van der Waals surface area contributed by atoms with Crippen LogP contribution in [0, 0.1) is 0 Å². The maximum absolute atomic E-state index is 11.4. The van der Waals surface area contributed by atoms with Crippen LogP contribution in [0.3, 0.4) is 0 Å². The number of methoxy groups -OCH3 is 1. The average Bonchev–Trinajstić information content (AvgIpc) is 2.38. The zero-order valence-electron chi connectivity index (χ0n) is 10.7. The summed E-state index contributed by atoms with van der Waals surface area (Å²) in [7, 11) is 0.459. The molecule has 18 heavy (non-hydrogen) atoms. The number of nitrogens with zero attached hydrogens (tertiary/aromatic N) is 2. The van der Waals surface area contributed by atoms with E-state index in [1.165, 1.54) is 19.6 Å². The van der Waals surface area contributed by atoms with Crippen molar-refractivity contribution in [1.82, 2.24) is 9.97 Å². The molecule has 100 valence electrons. The predicted molar refractivity (Wildman–Crippen MR) is 70.0 cm³/mol. The van der Waals surface area contributed by atoms with Crippen molar-refractivity contribution < 1.29 is 13.7 Å². The Morgan fingerprint density at radius 2 is 2.33 bits per heavy atom. The molecular weight excluding hydrogens is 254 g/mol. The maximum Gasteiger partial charge on any atom is 0.343 e. The summed E-state index contributed by atoms with van der Waals surface area (Å²) in [5.41, 5.74) is 0.297. The Morgan fingerprint density at radius 3 is 2.94 bits per heavy atom. The monoisotopic (exact) mass is 271 g/mol. The normalized spacial score (nSPS) is 13.7. The van der Waals surface area contributed by atoms with Gasteiger partial charge in [-0.3, -0.25) is 4.21 Å². The minimum absolute atomic E-state index is 0.0981. The van der Waals surface area contributed by atoms with Crippen LogP contribution in [0.15, 0.2) is 12.5 Å². The number of carbonyl (C=O) groups is 1. The lowest BCUT2D eigenvalue weighted by Crippen LogP contribution is -2.17. The summed E-state index contributed by atoms with van der Waals surface area (Å²) in [5, 5.41) is 3.13. The van der Waals surface area contributed by atoms with Crippen molar-refractivity contribution in [3.8, 4) is 0 Å². The van der Waals surface area contributed by atoms with Gasteiger partial charge in [0, 0.05) is 35.0 Å². The smallest absolute Gasteiger partial charge is 0.343 e. The van der Waals surface area contributed by atoms with E-state index in [4.69, 9.17) is 0 Å². The zero-order chi connectivity index (χ0) is 13.5.